The third-order valence-electron chi connectivity index (χ3n) is 3.00. The summed E-state index contributed by atoms with van der Waals surface area (Å²) >= 11 is 0. The van der Waals surface area contributed by atoms with Crippen LogP contribution in [-0.4, -0.2) is 41.1 Å². The maximum absolute atomic E-state index is 5.73. The van der Waals surface area contributed by atoms with Crippen LogP contribution in [0.1, 0.15) is 26.6 Å². The van der Waals surface area contributed by atoms with E-state index in [0.717, 1.165) is 6.42 Å². The lowest BCUT2D eigenvalue weighted by Crippen LogP contribution is -2.43. The third-order valence-corrected chi connectivity index (χ3v) is 3.00. The number of nitrogens with zero attached hydrogens (tertiary/aromatic N) is 3. The van der Waals surface area contributed by atoms with E-state index in [9.17, 15) is 0 Å². The molecule has 0 radical (unpaired) electrons. The molecule has 0 atom stereocenters. The molecule has 6 heteroatoms. The normalized spacial score (nSPS) is 11.7. The molecule has 0 aliphatic heterocycles. The molecule has 0 saturated heterocycles. The minimum Gasteiger partial charge on any atom is -0.476 e. The molecule has 3 N–H and O–H groups in total. The number of nitrogens with two attached hydrogens (primary N) is 1. The van der Waals surface area contributed by atoms with Crippen molar-refractivity contribution in [3.63, 3.8) is 0 Å². The highest BCUT2D eigenvalue weighted by atomic mass is 16.5. The predicted octanol–water partition coefficient (Wildman–Crippen LogP) is 1.04. The predicted molar refractivity (Wildman–Crippen MR) is 72.5 cm³/mol. The zero-order valence-electron chi connectivity index (χ0n) is 11.8. The Hall–Kier alpha value is -1.40. The van der Waals surface area contributed by atoms with Gasteiger partial charge in [0.15, 0.2) is 0 Å². The van der Waals surface area contributed by atoms with Crippen LogP contribution in [0.15, 0.2) is 6.07 Å². The van der Waals surface area contributed by atoms with E-state index >= 15 is 0 Å². The van der Waals surface area contributed by atoms with Crippen molar-refractivity contribution in [2.45, 2.75) is 32.7 Å². The van der Waals surface area contributed by atoms with Crippen LogP contribution in [0.4, 0.5) is 5.82 Å². The van der Waals surface area contributed by atoms with Gasteiger partial charge < -0.3 is 15.1 Å². The molecule has 102 valence electrons. The van der Waals surface area contributed by atoms with Gasteiger partial charge in [0.25, 0.3) is 0 Å². The summed E-state index contributed by atoms with van der Waals surface area (Å²) in [5.41, 5.74) is 2.46. The Bertz CT molecular complexity index is 370. The molecule has 0 fully saturated rings. The highest BCUT2D eigenvalue weighted by Gasteiger charge is 2.21. The molecule has 0 aliphatic carbocycles. The van der Waals surface area contributed by atoms with Gasteiger partial charge in [0.2, 0.25) is 5.88 Å². The van der Waals surface area contributed by atoms with Crippen LogP contribution in [0.25, 0.3) is 0 Å². The highest BCUT2D eigenvalue weighted by Crippen LogP contribution is 2.16. The number of hydrogen-bond acceptors (Lipinski definition) is 6. The number of likely N-dealkylation sites (N-methyl/N-ethyl adjacent to an activating group) is 1. The Balaban J connectivity index is 2.78. The van der Waals surface area contributed by atoms with Crippen molar-refractivity contribution < 1.29 is 4.74 Å². The molecule has 18 heavy (non-hydrogen) atoms. The zero-order valence-corrected chi connectivity index (χ0v) is 11.8. The minimum absolute atomic E-state index is 0.0619. The lowest BCUT2D eigenvalue weighted by atomic mass is 10.1. The fourth-order valence-electron chi connectivity index (χ4n) is 1.16. The second kappa shape index (κ2) is 5.97. The lowest BCUT2D eigenvalue weighted by Gasteiger charge is -2.31. The molecule has 0 saturated carbocycles. The summed E-state index contributed by atoms with van der Waals surface area (Å²) < 4.78 is 5.73. The van der Waals surface area contributed by atoms with Crippen LogP contribution in [0.5, 0.6) is 5.88 Å². The molecular formula is C12H23N5O. The second-order valence-electron chi connectivity index (χ2n) is 5.00. The molecule has 1 aromatic rings. The molecular weight excluding hydrogens is 230 g/mol. The van der Waals surface area contributed by atoms with Crippen molar-refractivity contribution in [1.29, 1.82) is 0 Å². The van der Waals surface area contributed by atoms with E-state index in [0.29, 0.717) is 24.1 Å². The molecule has 0 unspecified atom stereocenters. The number of aromatic nitrogens is 2. The summed E-state index contributed by atoms with van der Waals surface area (Å²) in [6.07, 6.45) is 0.739. The number of nitrogens with one attached hydrogen (secondary N) is 1. The van der Waals surface area contributed by atoms with E-state index < -0.39 is 0 Å². The van der Waals surface area contributed by atoms with Crippen LogP contribution in [0, 0.1) is 0 Å². The molecule has 1 heterocycles. The van der Waals surface area contributed by atoms with Crippen molar-refractivity contribution in [3.8, 4) is 5.88 Å². The number of nitrogen functional groups attached to an aromatic ring is 1. The zero-order chi connectivity index (χ0) is 13.8. The molecule has 6 nitrogen and oxygen atoms in total. The summed E-state index contributed by atoms with van der Waals surface area (Å²) in [6, 6.07) is 1.70. The molecule has 0 bridgehead atoms. The number of hydrazine groups is 1. The summed E-state index contributed by atoms with van der Waals surface area (Å²) in [5, 5.41) is 0. The molecule has 1 aromatic heterocycles. The van der Waals surface area contributed by atoms with E-state index in [1.807, 2.05) is 21.0 Å². The number of aryl methyl sites for hydroxylation is 1. The Morgan fingerprint density at radius 1 is 1.39 bits per heavy atom. The Morgan fingerprint density at radius 2 is 2.06 bits per heavy atom. The maximum atomic E-state index is 5.73. The Kier molecular flexibility index (Phi) is 4.86. The van der Waals surface area contributed by atoms with E-state index in [2.05, 4.69) is 34.1 Å². The summed E-state index contributed by atoms with van der Waals surface area (Å²) in [5.74, 6) is 7.19. The first-order chi connectivity index (χ1) is 8.39. The van der Waals surface area contributed by atoms with E-state index in [1.54, 1.807) is 6.07 Å². The van der Waals surface area contributed by atoms with Crippen LogP contribution in [-0.2, 0) is 6.42 Å². The smallest absolute Gasteiger partial charge is 0.218 e. The van der Waals surface area contributed by atoms with Crippen molar-refractivity contribution in [2.75, 3.05) is 26.1 Å². The lowest BCUT2D eigenvalue weighted by molar-refractivity contribution is 0.111. The molecule has 1 rings (SSSR count). The number of anilines is 1. The van der Waals surface area contributed by atoms with E-state index in [1.165, 1.54) is 0 Å². The SMILES string of the molecule is CCc1nc(NN)cc(OCC(C)(C)N(C)C)n1. The van der Waals surface area contributed by atoms with Gasteiger partial charge in [-0.05, 0) is 27.9 Å². The van der Waals surface area contributed by atoms with Crippen LogP contribution < -0.4 is 16.0 Å². The van der Waals surface area contributed by atoms with Crippen molar-refractivity contribution in [2.24, 2.45) is 5.84 Å². The fourth-order valence-corrected chi connectivity index (χ4v) is 1.16. The average Bonchev–Trinajstić information content (AvgIpc) is 2.35. The van der Waals surface area contributed by atoms with Crippen molar-refractivity contribution in [3.05, 3.63) is 11.9 Å². The largest absolute Gasteiger partial charge is 0.476 e. The average molecular weight is 253 g/mol. The van der Waals surface area contributed by atoms with Gasteiger partial charge in [-0.2, -0.15) is 4.98 Å². The van der Waals surface area contributed by atoms with Crippen molar-refractivity contribution >= 4 is 5.82 Å². The number of ether oxygens (including phenoxy) is 1. The Morgan fingerprint density at radius 3 is 2.56 bits per heavy atom. The molecule has 0 amide bonds. The summed E-state index contributed by atoms with van der Waals surface area (Å²) in [7, 11) is 4.04. The standard InChI is InChI=1S/C12H23N5O/c1-6-9-14-10(16-13)7-11(15-9)18-8-12(2,3)17(4)5/h7H,6,8,13H2,1-5H3,(H,14,15,16). The van der Waals surface area contributed by atoms with Gasteiger partial charge in [-0.3, -0.25) is 0 Å². The topological polar surface area (TPSA) is 76.3 Å². The number of rotatable bonds is 6. The maximum Gasteiger partial charge on any atom is 0.218 e. The van der Waals surface area contributed by atoms with Crippen LogP contribution >= 0.6 is 0 Å². The minimum atomic E-state index is -0.0619. The monoisotopic (exact) mass is 253 g/mol. The van der Waals surface area contributed by atoms with E-state index in [-0.39, 0.29) is 5.54 Å². The van der Waals surface area contributed by atoms with Crippen LogP contribution in [0.3, 0.4) is 0 Å². The van der Waals surface area contributed by atoms with Gasteiger partial charge >= 0.3 is 0 Å². The van der Waals surface area contributed by atoms with Gasteiger partial charge in [-0.1, -0.05) is 6.92 Å². The summed E-state index contributed by atoms with van der Waals surface area (Å²) in [6.45, 7) is 6.75. The number of hydrogen-bond donors (Lipinski definition) is 2. The highest BCUT2D eigenvalue weighted by molar-refractivity contribution is 5.37. The molecule has 0 aromatic carbocycles. The quantitative estimate of drug-likeness (QED) is 0.583. The van der Waals surface area contributed by atoms with Crippen LogP contribution in [0.2, 0.25) is 0 Å². The van der Waals surface area contributed by atoms with Gasteiger partial charge in [0.1, 0.15) is 18.2 Å². The second-order valence-corrected chi connectivity index (χ2v) is 5.00. The summed E-state index contributed by atoms with van der Waals surface area (Å²) in [4.78, 5) is 10.6. The van der Waals surface area contributed by atoms with E-state index in [4.69, 9.17) is 10.6 Å². The first-order valence-corrected chi connectivity index (χ1v) is 6.04. The molecule has 0 spiro atoms. The van der Waals surface area contributed by atoms with Gasteiger partial charge in [0.05, 0.1) is 0 Å². The van der Waals surface area contributed by atoms with Gasteiger partial charge in [-0.25, -0.2) is 10.8 Å². The van der Waals surface area contributed by atoms with Gasteiger partial charge in [-0.15, -0.1) is 0 Å². The fraction of sp³-hybridized carbons (Fsp3) is 0.667. The third kappa shape index (κ3) is 3.82. The van der Waals surface area contributed by atoms with Gasteiger partial charge in [0, 0.05) is 18.0 Å². The molecule has 0 aliphatic rings. The first kappa shape index (κ1) is 14.7. The van der Waals surface area contributed by atoms with Crippen molar-refractivity contribution in [1.82, 2.24) is 14.9 Å². The first-order valence-electron chi connectivity index (χ1n) is 6.04. The Labute approximate surface area is 109 Å².